The molecule has 2 unspecified atom stereocenters. The fourth-order valence-corrected chi connectivity index (χ4v) is 8.59. The summed E-state index contributed by atoms with van der Waals surface area (Å²) in [6.07, 6.45) is 12.6. The first-order valence-corrected chi connectivity index (χ1v) is 11.6. The molecule has 0 spiro atoms. The maximum Gasteiger partial charge on any atom is 0.253 e. The lowest BCUT2D eigenvalue weighted by atomic mass is 9.49. The smallest absolute Gasteiger partial charge is 0.253 e. The van der Waals surface area contributed by atoms with Gasteiger partial charge in [0.2, 0.25) is 5.13 Å². The third-order valence-corrected chi connectivity index (χ3v) is 9.95. The van der Waals surface area contributed by atoms with E-state index >= 15 is 0 Å². The molecule has 6 bridgehead atoms. The van der Waals surface area contributed by atoms with E-state index in [0.717, 1.165) is 35.7 Å². The molecule has 5 fully saturated rings. The minimum absolute atomic E-state index is 0.0550. The van der Waals surface area contributed by atoms with Gasteiger partial charge in [-0.2, -0.15) is 0 Å². The van der Waals surface area contributed by atoms with Crippen molar-refractivity contribution in [3.8, 4) is 0 Å². The van der Waals surface area contributed by atoms with Gasteiger partial charge in [0.15, 0.2) is 0 Å². The van der Waals surface area contributed by atoms with Crippen molar-refractivity contribution < 1.29 is 4.79 Å². The lowest BCUT2D eigenvalue weighted by Gasteiger charge is -2.55. The minimum Gasteiger partial charge on any atom is -0.297 e. The Morgan fingerprint density at radius 3 is 2.33 bits per heavy atom. The zero-order valence-electron chi connectivity index (χ0n) is 16.3. The lowest BCUT2D eigenvalue weighted by molar-refractivity contribution is -0.116. The van der Waals surface area contributed by atoms with E-state index in [9.17, 15) is 4.79 Å². The molecule has 5 saturated carbocycles. The van der Waals surface area contributed by atoms with Crippen LogP contribution in [0.25, 0.3) is 0 Å². The van der Waals surface area contributed by atoms with Crippen LogP contribution in [-0.2, 0) is 10.2 Å². The molecule has 1 heterocycles. The molecular formula is C22H29N3OS. The summed E-state index contributed by atoms with van der Waals surface area (Å²) in [5.41, 5.74) is 1.52. The standard InChI is InChI=1S/C22H29N3OS/c1-21(2)15-3-4-16(17(21)8-15)18(26)23-20-25-24-19(27-20)22-9-12-5-13(10-22)7-14(6-12)11-22/h4,12-15,17H,3,5-11H2,1-2H3,(H,23,25,26). The highest BCUT2D eigenvalue weighted by molar-refractivity contribution is 7.15. The van der Waals surface area contributed by atoms with E-state index in [-0.39, 0.29) is 16.7 Å². The zero-order valence-corrected chi connectivity index (χ0v) is 17.1. The fourth-order valence-electron chi connectivity index (χ4n) is 7.64. The number of amides is 1. The van der Waals surface area contributed by atoms with Gasteiger partial charge in [-0.15, -0.1) is 10.2 Å². The van der Waals surface area contributed by atoms with E-state index in [1.54, 1.807) is 11.3 Å². The maximum absolute atomic E-state index is 12.9. The molecule has 0 saturated heterocycles. The summed E-state index contributed by atoms with van der Waals surface area (Å²) in [6.45, 7) is 4.62. The Labute approximate surface area is 165 Å². The van der Waals surface area contributed by atoms with Crippen LogP contribution in [-0.4, -0.2) is 16.1 Å². The number of allylic oxidation sites excluding steroid dienone is 1. The van der Waals surface area contributed by atoms with Gasteiger partial charge in [0.25, 0.3) is 5.91 Å². The molecule has 4 nitrogen and oxygen atoms in total. The summed E-state index contributed by atoms with van der Waals surface area (Å²) in [6, 6.07) is 0. The van der Waals surface area contributed by atoms with Gasteiger partial charge in [-0.25, -0.2) is 0 Å². The van der Waals surface area contributed by atoms with E-state index in [2.05, 4.69) is 35.4 Å². The molecule has 1 aromatic rings. The SMILES string of the molecule is CC1(C)C2CC=C(C(=O)Nc3nnc(C45CC6CC(CC(C6)C4)C5)s3)C1C2. The molecule has 7 aliphatic carbocycles. The van der Waals surface area contributed by atoms with Crippen molar-refractivity contribution in [2.24, 2.45) is 35.0 Å². The Balaban J connectivity index is 1.21. The van der Waals surface area contributed by atoms with Crippen molar-refractivity contribution in [3.63, 3.8) is 0 Å². The van der Waals surface area contributed by atoms with Gasteiger partial charge in [-0.3, -0.25) is 10.1 Å². The zero-order chi connectivity index (χ0) is 18.4. The monoisotopic (exact) mass is 383 g/mol. The van der Waals surface area contributed by atoms with Gasteiger partial charge in [0.05, 0.1) is 0 Å². The number of aromatic nitrogens is 2. The molecule has 1 aromatic heterocycles. The van der Waals surface area contributed by atoms with E-state index in [4.69, 9.17) is 0 Å². The van der Waals surface area contributed by atoms with Crippen molar-refractivity contribution in [3.05, 3.63) is 16.7 Å². The third kappa shape index (κ3) is 2.36. The molecule has 0 aliphatic heterocycles. The molecule has 0 aromatic carbocycles. The highest BCUT2D eigenvalue weighted by Crippen LogP contribution is 2.61. The number of carbonyl (C=O) groups is 1. The van der Waals surface area contributed by atoms with E-state index < -0.39 is 0 Å². The highest BCUT2D eigenvalue weighted by Gasteiger charge is 2.54. The molecule has 0 radical (unpaired) electrons. The van der Waals surface area contributed by atoms with Crippen LogP contribution in [0.5, 0.6) is 0 Å². The van der Waals surface area contributed by atoms with Gasteiger partial charge in [-0.1, -0.05) is 31.3 Å². The molecule has 8 rings (SSSR count). The van der Waals surface area contributed by atoms with Crippen LogP contribution in [0.2, 0.25) is 0 Å². The van der Waals surface area contributed by atoms with Crippen LogP contribution >= 0.6 is 11.3 Å². The molecule has 1 amide bonds. The minimum atomic E-state index is 0.0550. The summed E-state index contributed by atoms with van der Waals surface area (Å²) >= 11 is 1.65. The molecule has 7 aliphatic rings. The molecule has 27 heavy (non-hydrogen) atoms. The number of nitrogens with zero attached hydrogens (tertiary/aromatic N) is 2. The van der Waals surface area contributed by atoms with Gasteiger partial charge < -0.3 is 0 Å². The van der Waals surface area contributed by atoms with Crippen molar-refractivity contribution >= 4 is 22.4 Å². The van der Waals surface area contributed by atoms with Gasteiger partial charge in [-0.05, 0) is 86.4 Å². The average molecular weight is 384 g/mol. The molecular weight excluding hydrogens is 354 g/mol. The van der Waals surface area contributed by atoms with E-state index in [1.165, 1.54) is 50.0 Å². The van der Waals surface area contributed by atoms with Crippen LogP contribution in [0.4, 0.5) is 5.13 Å². The second-order valence-corrected chi connectivity index (χ2v) is 11.7. The third-order valence-electron chi connectivity index (χ3n) is 8.87. The number of rotatable bonds is 3. The van der Waals surface area contributed by atoms with Crippen LogP contribution < -0.4 is 5.32 Å². The van der Waals surface area contributed by atoms with Crippen LogP contribution in [0, 0.1) is 35.0 Å². The van der Waals surface area contributed by atoms with Crippen molar-refractivity contribution in [1.29, 1.82) is 0 Å². The van der Waals surface area contributed by atoms with Gasteiger partial charge in [0.1, 0.15) is 5.01 Å². The number of anilines is 1. The Morgan fingerprint density at radius 2 is 1.74 bits per heavy atom. The summed E-state index contributed by atoms with van der Waals surface area (Å²) in [4.78, 5) is 12.9. The van der Waals surface area contributed by atoms with Gasteiger partial charge >= 0.3 is 0 Å². The van der Waals surface area contributed by atoms with Crippen LogP contribution in [0.1, 0.15) is 70.2 Å². The van der Waals surface area contributed by atoms with Gasteiger partial charge in [0, 0.05) is 11.0 Å². The molecule has 2 atom stereocenters. The Morgan fingerprint density at radius 1 is 1.07 bits per heavy atom. The van der Waals surface area contributed by atoms with Crippen LogP contribution in [0.3, 0.4) is 0 Å². The predicted molar refractivity (Wildman–Crippen MR) is 106 cm³/mol. The molecule has 5 heteroatoms. The van der Waals surface area contributed by atoms with E-state index in [1.807, 2.05) is 0 Å². The largest absolute Gasteiger partial charge is 0.297 e. The van der Waals surface area contributed by atoms with Crippen LogP contribution in [0.15, 0.2) is 11.6 Å². The van der Waals surface area contributed by atoms with Crippen molar-refractivity contribution in [1.82, 2.24) is 10.2 Å². The number of carbonyl (C=O) groups excluding carboxylic acids is 1. The average Bonchev–Trinajstić information content (AvgIpc) is 3.10. The first-order valence-electron chi connectivity index (χ1n) is 10.8. The highest BCUT2D eigenvalue weighted by atomic mass is 32.1. The second-order valence-electron chi connectivity index (χ2n) is 10.8. The number of hydrogen-bond acceptors (Lipinski definition) is 4. The summed E-state index contributed by atoms with van der Waals surface area (Å²) < 4.78 is 0. The first kappa shape index (κ1) is 16.7. The molecule has 1 N–H and O–H groups in total. The lowest BCUT2D eigenvalue weighted by Crippen LogP contribution is -2.50. The molecule has 144 valence electrons. The summed E-state index contributed by atoms with van der Waals surface area (Å²) in [5, 5.41) is 14.0. The predicted octanol–water partition coefficient (Wildman–Crippen LogP) is 4.94. The topological polar surface area (TPSA) is 54.9 Å². The quantitative estimate of drug-likeness (QED) is 0.804. The van der Waals surface area contributed by atoms with Crippen molar-refractivity contribution in [2.45, 2.75) is 70.6 Å². The Kier molecular flexibility index (Phi) is 3.36. The summed E-state index contributed by atoms with van der Waals surface area (Å²) in [7, 11) is 0. The maximum atomic E-state index is 12.9. The Bertz CT molecular complexity index is 803. The number of hydrogen-bond donors (Lipinski definition) is 1. The normalized spacial score (nSPS) is 43.2. The van der Waals surface area contributed by atoms with Crippen molar-refractivity contribution in [2.75, 3.05) is 5.32 Å². The van der Waals surface area contributed by atoms with E-state index in [0.29, 0.717) is 11.0 Å². The number of nitrogens with one attached hydrogen (secondary N) is 1. The Hall–Kier alpha value is -1.23. The summed E-state index contributed by atoms with van der Waals surface area (Å²) in [5.74, 6) is 3.92. The first-order chi connectivity index (χ1) is 12.9. The fraction of sp³-hybridized carbons (Fsp3) is 0.773. The second kappa shape index (κ2) is 5.43. The number of fused-ring (bicyclic) bond motifs is 1.